The molecule has 1 N–H and O–H groups in total. The zero-order valence-corrected chi connectivity index (χ0v) is 15.8. The van der Waals surface area contributed by atoms with E-state index in [2.05, 4.69) is 5.32 Å². The highest BCUT2D eigenvalue weighted by Gasteiger charge is 2.46. The lowest BCUT2D eigenvalue weighted by Crippen LogP contribution is -2.46. The van der Waals surface area contributed by atoms with E-state index in [9.17, 15) is 18.4 Å². The van der Waals surface area contributed by atoms with E-state index in [-0.39, 0.29) is 42.1 Å². The van der Waals surface area contributed by atoms with Crippen molar-refractivity contribution in [3.63, 3.8) is 0 Å². The molecule has 0 unspecified atom stereocenters. The molecule has 2 aliphatic rings. The molecule has 2 aromatic carbocycles. The topological polar surface area (TPSA) is 58.6 Å². The van der Waals surface area contributed by atoms with Gasteiger partial charge in [-0.25, -0.2) is 8.78 Å². The van der Waals surface area contributed by atoms with E-state index in [4.69, 9.17) is 4.74 Å². The van der Waals surface area contributed by atoms with Gasteiger partial charge in [0.15, 0.2) is 6.61 Å². The van der Waals surface area contributed by atoms with Crippen molar-refractivity contribution >= 4 is 11.8 Å². The normalized spacial score (nSPS) is 23.9. The minimum atomic E-state index is -0.478. The third-order valence-electron chi connectivity index (χ3n) is 5.61. The summed E-state index contributed by atoms with van der Waals surface area (Å²) in [7, 11) is 0. The Morgan fingerprint density at radius 2 is 1.90 bits per heavy atom. The number of nitrogens with one attached hydrogen (secondary N) is 1. The van der Waals surface area contributed by atoms with Crippen LogP contribution in [0, 0.1) is 11.6 Å². The number of halogens is 2. The maximum absolute atomic E-state index is 14.5. The first-order valence-corrected chi connectivity index (χ1v) is 9.76. The highest BCUT2D eigenvalue weighted by atomic mass is 19.1. The lowest BCUT2D eigenvalue weighted by atomic mass is 10.0. The molecule has 2 aliphatic heterocycles. The minimum absolute atomic E-state index is 0.0401. The molecular formula is C22H22F2N2O3. The summed E-state index contributed by atoms with van der Waals surface area (Å²) >= 11 is 0. The van der Waals surface area contributed by atoms with Crippen LogP contribution >= 0.6 is 0 Å². The molecule has 2 amide bonds. The maximum atomic E-state index is 14.5. The highest BCUT2D eigenvalue weighted by Crippen LogP contribution is 2.40. The number of likely N-dealkylation sites (tertiary alicyclic amines) is 1. The van der Waals surface area contributed by atoms with Crippen molar-refractivity contribution in [1.29, 1.82) is 0 Å². The summed E-state index contributed by atoms with van der Waals surface area (Å²) in [6.07, 6.45) is 2.21. The maximum Gasteiger partial charge on any atom is 0.261 e. The van der Waals surface area contributed by atoms with Gasteiger partial charge in [0.05, 0.1) is 18.1 Å². The summed E-state index contributed by atoms with van der Waals surface area (Å²) < 4.78 is 33.1. The number of benzene rings is 2. The van der Waals surface area contributed by atoms with Crippen molar-refractivity contribution in [2.45, 2.75) is 43.8 Å². The van der Waals surface area contributed by atoms with Crippen LogP contribution in [0.2, 0.25) is 0 Å². The van der Waals surface area contributed by atoms with Gasteiger partial charge in [-0.2, -0.15) is 0 Å². The lowest BCUT2D eigenvalue weighted by molar-refractivity contribution is -0.137. The van der Waals surface area contributed by atoms with E-state index >= 15 is 0 Å². The van der Waals surface area contributed by atoms with Crippen LogP contribution in [0.4, 0.5) is 8.78 Å². The molecule has 0 bridgehead atoms. The molecule has 0 saturated carbocycles. The van der Waals surface area contributed by atoms with Gasteiger partial charge in [0.1, 0.15) is 17.4 Å². The SMILES string of the molecule is O=C1CCC[C@H]2[C@@H](C[C@@H](c3ccccc3F)N2C(=O)COc2ccc(F)cc2)N1. The molecule has 2 heterocycles. The van der Waals surface area contributed by atoms with Gasteiger partial charge in [-0.05, 0) is 49.6 Å². The van der Waals surface area contributed by atoms with Crippen molar-refractivity contribution in [3.05, 3.63) is 65.7 Å². The van der Waals surface area contributed by atoms with Crippen molar-refractivity contribution in [1.82, 2.24) is 10.2 Å². The first-order valence-electron chi connectivity index (χ1n) is 9.76. The smallest absolute Gasteiger partial charge is 0.261 e. The Labute approximate surface area is 167 Å². The third kappa shape index (κ3) is 4.09. The van der Waals surface area contributed by atoms with E-state index in [1.807, 2.05) is 0 Å². The van der Waals surface area contributed by atoms with Crippen molar-refractivity contribution in [2.75, 3.05) is 6.61 Å². The standard InChI is InChI=1S/C22H22F2N2O3/c23-14-8-10-15(11-9-14)29-13-22(28)26-19-6-3-7-21(27)25-18(19)12-20(26)16-4-1-2-5-17(16)24/h1-2,4-5,8-11,18-20H,3,6-7,12-13H2,(H,25,27)/t18-,19+,20+/m1/s1. The number of carbonyl (C=O) groups is 2. The number of ether oxygens (including phenoxy) is 1. The monoisotopic (exact) mass is 400 g/mol. The van der Waals surface area contributed by atoms with Crippen molar-refractivity contribution in [3.8, 4) is 5.75 Å². The molecule has 0 aromatic heterocycles. The fraction of sp³-hybridized carbons (Fsp3) is 0.364. The second-order valence-electron chi connectivity index (χ2n) is 7.45. The van der Waals surface area contributed by atoms with E-state index in [1.54, 1.807) is 23.1 Å². The molecule has 152 valence electrons. The predicted molar refractivity (Wildman–Crippen MR) is 102 cm³/mol. The van der Waals surface area contributed by atoms with Crippen LogP contribution in [0.25, 0.3) is 0 Å². The predicted octanol–water partition coefficient (Wildman–Crippen LogP) is 3.35. The molecule has 2 saturated heterocycles. The Morgan fingerprint density at radius 3 is 2.66 bits per heavy atom. The minimum Gasteiger partial charge on any atom is -0.484 e. The van der Waals surface area contributed by atoms with Gasteiger partial charge in [-0.15, -0.1) is 0 Å². The van der Waals surface area contributed by atoms with Gasteiger partial charge in [-0.3, -0.25) is 9.59 Å². The molecule has 29 heavy (non-hydrogen) atoms. The van der Waals surface area contributed by atoms with Crippen LogP contribution in [0.15, 0.2) is 48.5 Å². The van der Waals surface area contributed by atoms with Crippen LogP contribution in [-0.4, -0.2) is 35.4 Å². The summed E-state index contributed by atoms with van der Waals surface area (Å²) in [5.41, 5.74) is 0.435. The van der Waals surface area contributed by atoms with E-state index < -0.39 is 6.04 Å². The number of carbonyl (C=O) groups excluding carboxylic acids is 2. The van der Waals surface area contributed by atoms with E-state index in [0.29, 0.717) is 37.0 Å². The Hall–Kier alpha value is -2.96. The quantitative estimate of drug-likeness (QED) is 0.856. The number of hydrogen-bond donors (Lipinski definition) is 1. The van der Waals surface area contributed by atoms with Crippen molar-refractivity contribution < 1.29 is 23.1 Å². The van der Waals surface area contributed by atoms with Crippen LogP contribution < -0.4 is 10.1 Å². The van der Waals surface area contributed by atoms with Gasteiger partial charge >= 0.3 is 0 Å². The summed E-state index contributed by atoms with van der Waals surface area (Å²) in [6, 6.07) is 10.9. The van der Waals surface area contributed by atoms with Gasteiger partial charge < -0.3 is 15.0 Å². The number of fused-ring (bicyclic) bond motifs is 1. The Morgan fingerprint density at radius 1 is 1.14 bits per heavy atom. The summed E-state index contributed by atoms with van der Waals surface area (Å²) in [5.74, 6) is -0.711. The van der Waals surface area contributed by atoms with Gasteiger partial charge in [0.25, 0.3) is 5.91 Å². The molecule has 7 heteroatoms. The van der Waals surface area contributed by atoms with Crippen LogP contribution in [0.1, 0.15) is 37.3 Å². The summed E-state index contributed by atoms with van der Waals surface area (Å²) in [5, 5.41) is 2.99. The largest absolute Gasteiger partial charge is 0.484 e. The number of nitrogens with zero attached hydrogens (tertiary/aromatic N) is 1. The van der Waals surface area contributed by atoms with Crippen LogP contribution in [-0.2, 0) is 9.59 Å². The fourth-order valence-corrected chi connectivity index (χ4v) is 4.31. The molecule has 5 nitrogen and oxygen atoms in total. The Bertz CT molecular complexity index is 903. The molecule has 0 aliphatic carbocycles. The number of rotatable bonds is 4. The summed E-state index contributed by atoms with van der Waals surface area (Å²) in [4.78, 5) is 26.8. The average Bonchev–Trinajstić information content (AvgIpc) is 2.95. The summed E-state index contributed by atoms with van der Waals surface area (Å²) in [6.45, 7) is -0.242. The zero-order chi connectivity index (χ0) is 20.4. The van der Waals surface area contributed by atoms with E-state index in [1.165, 1.54) is 30.3 Å². The molecule has 3 atom stereocenters. The molecule has 0 radical (unpaired) electrons. The first-order chi connectivity index (χ1) is 14.0. The molecule has 0 spiro atoms. The zero-order valence-electron chi connectivity index (χ0n) is 15.8. The average molecular weight is 400 g/mol. The van der Waals surface area contributed by atoms with Gasteiger partial charge in [0.2, 0.25) is 5.91 Å². The lowest BCUT2D eigenvalue weighted by Gasteiger charge is -2.31. The van der Waals surface area contributed by atoms with Gasteiger partial charge in [0, 0.05) is 12.0 Å². The Kier molecular flexibility index (Phi) is 5.47. The van der Waals surface area contributed by atoms with E-state index in [0.717, 1.165) is 0 Å². The van der Waals surface area contributed by atoms with Gasteiger partial charge in [-0.1, -0.05) is 18.2 Å². The molecule has 2 aromatic rings. The highest BCUT2D eigenvalue weighted by molar-refractivity contribution is 5.80. The molecular weight excluding hydrogens is 378 g/mol. The van der Waals surface area contributed by atoms with Crippen LogP contribution in [0.3, 0.4) is 0 Å². The number of hydrogen-bond acceptors (Lipinski definition) is 3. The second-order valence-corrected chi connectivity index (χ2v) is 7.45. The third-order valence-corrected chi connectivity index (χ3v) is 5.61. The second kappa shape index (κ2) is 8.19. The van der Waals surface area contributed by atoms with Crippen LogP contribution in [0.5, 0.6) is 5.75 Å². The molecule has 4 rings (SSSR count). The van der Waals surface area contributed by atoms with Crippen molar-refractivity contribution in [2.24, 2.45) is 0 Å². The first kappa shape index (κ1) is 19.4. The number of amides is 2. The molecule has 2 fully saturated rings. The fourth-order valence-electron chi connectivity index (χ4n) is 4.31. The Balaban J connectivity index is 1.58.